The first-order chi connectivity index (χ1) is 7.91. The second-order valence-electron chi connectivity index (χ2n) is 5.12. The van der Waals surface area contributed by atoms with Gasteiger partial charge in [-0.2, -0.15) is 0 Å². The molecule has 2 aliphatic heterocycles. The van der Waals surface area contributed by atoms with Crippen molar-refractivity contribution in [2.75, 3.05) is 18.1 Å². The van der Waals surface area contributed by atoms with Gasteiger partial charge in [0.2, 0.25) is 0 Å². The molecule has 17 heavy (non-hydrogen) atoms. The summed E-state index contributed by atoms with van der Waals surface area (Å²) in [5, 5.41) is 9.06. The lowest BCUT2D eigenvalue weighted by molar-refractivity contribution is -0.142. The first kappa shape index (κ1) is 12.8. The number of carboxylic acid groups (broad SMARTS) is 1. The third kappa shape index (κ3) is 2.63. The van der Waals surface area contributed by atoms with Crippen molar-refractivity contribution < 1.29 is 18.3 Å². The van der Waals surface area contributed by atoms with Gasteiger partial charge in [-0.1, -0.05) is 0 Å². The van der Waals surface area contributed by atoms with E-state index in [0.717, 1.165) is 6.42 Å². The van der Waals surface area contributed by atoms with Gasteiger partial charge in [0.15, 0.2) is 9.84 Å². The van der Waals surface area contributed by atoms with Gasteiger partial charge >= 0.3 is 5.97 Å². The van der Waals surface area contributed by atoms with Gasteiger partial charge in [0.25, 0.3) is 0 Å². The Morgan fingerprint density at radius 1 is 1.35 bits per heavy atom. The molecule has 2 aliphatic rings. The summed E-state index contributed by atoms with van der Waals surface area (Å²) in [6.07, 6.45) is 2.21. The number of carbonyl (C=O) groups is 1. The van der Waals surface area contributed by atoms with Gasteiger partial charge in [-0.15, -0.1) is 0 Å². The van der Waals surface area contributed by atoms with Gasteiger partial charge in [-0.25, -0.2) is 8.42 Å². The minimum atomic E-state index is -2.92. The predicted molar refractivity (Wildman–Crippen MR) is 63.6 cm³/mol. The Hall–Kier alpha value is -0.620. The van der Waals surface area contributed by atoms with Gasteiger partial charge in [0.05, 0.1) is 17.4 Å². The van der Waals surface area contributed by atoms with Gasteiger partial charge in [-0.3, -0.25) is 9.69 Å². The highest BCUT2D eigenvalue weighted by Gasteiger charge is 2.41. The van der Waals surface area contributed by atoms with Crippen LogP contribution in [0, 0.1) is 5.92 Å². The molecule has 0 saturated carbocycles. The molecule has 0 aliphatic carbocycles. The largest absolute Gasteiger partial charge is 0.481 e. The summed E-state index contributed by atoms with van der Waals surface area (Å²) in [7, 11) is -2.92. The van der Waals surface area contributed by atoms with E-state index in [-0.39, 0.29) is 29.5 Å². The number of aliphatic carboxylic acids is 1. The fraction of sp³-hybridized carbons (Fsp3) is 0.909. The molecule has 2 saturated heterocycles. The van der Waals surface area contributed by atoms with E-state index in [4.69, 9.17) is 5.11 Å². The zero-order valence-electron chi connectivity index (χ0n) is 10.0. The minimum absolute atomic E-state index is 0.0214. The maximum atomic E-state index is 11.6. The van der Waals surface area contributed by atoms with Crippen LogP contribution in [-0.2, 0) is 14.6 Å². The summed E-state index contributed by atoms with van der Waals surface area (Å²) in [5.74, 6) is -0.629. The van der Waals surface area contributed by atoms with Crippen molar-refractivity contribution in [2.45, 2.75) is 38.3 Å². The third-order valence-corrected chi connectivity index (χ3v) is 5.83. The van der Waals surface area contributed by atoms with E-state index in [1.54, 1.807) is 0 Å². The molecule has 3 atom stereocenters. The van der Waals surface area contributed by atoms with Crippen LogP contribution in [0.3, 0.4) is 0 Å². The number of nitrogens with zero attached hydrogens (tertiary/aromatic N) is 1. The summed E-state index contributed by atoms with van der Waals surface area (Å²) in [5.41, 5.74) is 0. The van der Waals surface area contributed by atoms with Crippen molar-refractivity contribution in [1.29, 1.82) is 0 Å². The smallest absolute Gasteiger partial charge is 0.308 e. The lowest BCUT2D eigenvalue weighted by Crippen LogP contribution is -2.46. The fourth-order valence-electron chi connectivity index (χ4n) is 3.07. The lowest BCUT2D eigenvalue weighted by Gasteiger charge is -2.34. The van der Waals surface area contributed by atoms with E-state index < -0.39 is 15.8 Å². The van der Waals surface area contributed by atoms with Crippen molar-refractivity contribution in [3.8, 4) is 0 Å². The molecule has 5 nitrogen and oxygen atoms in total. The van der Waals surface area contributed by atoms with E-state index in [9.17, 15) is 13.2 Å². The zero-order valence-corrected chi connectivity index (χ0v) is 10.8. The Bertz CT molecular complexity index is 406. The van der Waals surface area contributed by atoms with Crippen LogP contribution in [0.1, 0.15) is 26.2 Å². The highest BCUT2D eigenvalue weighted by molar-refractivity contribution is 7.91. The lowest BCUT2D eigenvalue weighted by atomic mass is 10.0. The Labute approximate surface area is 102 Å². The molecular weight excluding hydrogens is 242 g/mol. The normalized spacial score (nSPS) is 38.1. The molecule has 6 heteroatoms. The van der Waals surface area contributed by atoms with Crippen LogP contribution < -0.4 is 0 Å². The van der Waals surface area contributed by atoms with Crippen LogP contribution in [0.15, 0.2) is 0 Å². The first-order valence-corrected chi connectivity index (χ1v) is 7.92. The molecule has 2 heterocycles. The minimum Gasteiger partial charge on any atom is -0.481 e. The van der Waals surface area contributed by atoms with Crippen LogP contribution in [0.5, 0.6) is 0 Å². The third-order valence-electron chi connectivity index (χ3n) is 4.03. The van der Waals surface area contributed by atoms with Crippen LogP contribution in [0.4, 0.5) is 0 Å². The van der Waals surface area contributed by atoms with Crippen molar-refractivity contribution in [3.05, 3.63) is 0 Å². The standard InChI is InChI=1S/C11H19NO4S/c1-8-10(11(13)14)4-5-12(8)9-3-2-6-17(15,16)7-9/h8-10H,2-7H2,1H3,(H,13,14). The maximum Gasteiger partial charge on any atom is 0.308 e. The Morgan fingerprint density at radius 3 is 2.59 bits per heavy atom. The molecule has 0 radical (unpaired) electrons. The summed E-state index contributed by atoms with van der Waals surface area (Å²) >= 11 is 0. The molecule has 98 valence electrons. The quantitative estimate of drug-likeness (QED) is 0.777. The molecule has 0 aromatic carbocycles. The molecule has 2 fully saturated rings. The summed E-state index contributed by atoms with van der Waals surface area (Å²) in [6, 6.07) is -0.0288. The molecule has 0 spiro atoms. The first-order valence-electron chi connectivity index (χ1n) is 6.10. The monoisotopic (exact) mass is 261 g/mol. The van der Waals surface area contributed by atoms with E-state index in [1.165, 1.54) is 0 Å². The van der Waals surface area contributed by atoms with Gasteiger partial charge in [0, 0.05) is 12.1 Å². The predicted octanol–water partition coefficient (Wildman–Crippen LogP) is 0.359. The van der Waals surface area contributed by atoms with E-state index >= 15 is 0 Å². The highest BCUT2D eigenvalue weighted by Crippen LogP contribution is 2.30. The number of hydrogen-bond acceptors (Lipinski definition) is 4. The summed E-state index contributed by atoms with van der Waals surface area (Å²) < 4.78 is 23.2. The van der Waals surface area contributed by atoms with Crippen molar-refractivity contribution in [1.82, 2.24) is 4.90 Å². The van der Waals surface area contributed by atoms with Crippen molar-refractivity contribution in [2.24, 2.45) is 5.92 Å². The fourth-order valence-corrected chi connectivity index (χ4v) is 4.79. The van der Waals surface area contributed by atoms with Gasteiger partial charge < -0.3 is 5.11 Å². The second-order valence-corrected chi connectivity index (χ2v) is 7.35. The summed E-state index contributed by atoms with van der Waals surface area (Å²) in [4.78, 5) is 13.1. The number of sulfone groups is 1. The Balaban J connectivity index is 2.06. The van der Waals surface area contributed by atoms with Gasteiger partial charge in [-0.05, 0) is 32.7 Å². The molecule has 2 rings (SSSR count). The van der Waals surface area contributed by atoms with Crippen molar-refractivity contribution >= 4 is 15.8 Å². The second kappa shape index (κ2) is 4.57. The number of hydrogen-bond donors (Lipinski definition) is 1. The van der Waals surface area contributed by atoms with Crippen LogP contribution in [-0.4, -0.2) is 54.5 Å². The van der Waals surface area contributed by atoms with E-state index in [2.05, 4.69) is 4.90 Å². The number of carboxylic acids is 1. The SMILES string of the molecule is CC1C(C(=O)O)CCN1C1CCCS(=O)(=O)C1. The van der Waals surface area contributed by atoms with E-state index in [0.29, 0.717) is 19.4 Å². The highest BCUT2D eigenvalue weighted by atomic mass is 32.2. The topological polar surface area (TPSA) is 74.7 Å². The molecular formula is C11H19NO4S. The van der Waals surface area contributed by atoms with Crippen LogP contribution in [0.2, 0.25) is 0 Å². The van der Waals surface area contributed by atoms with Crippen LogP contribution in [0.25, 0.3) is 0 Å². The average molecular weight is 261 g/mol. The molecule has 0 amide bonds. The van der Waals surface area contributed by atoms with Gasteiger partial charge in [0.1, 0.15) is 0 Å². The average Bonchev–Trinajstić information content (AvgIpc) is 2.58. The Morgan fingerprint density at radius 2 is 2.06 bits per heavy atom. The number of likely N-dealkylation sites (tertiary alicyclic amines) is 1. The molecule has 0 aromatic rings. The molecule has 1 N–H and O–H groups in total. The summed E-state index contributed by atoms with van der Waals surface area (Å²) in [6.45, 7) is 2.60. The maximum absolute atomic E-state index is 11.6. The Kier molecular flexibility index (Phi) is 3.45. The van der Waals surface area contributed by atoms with E-state index in [1.807, 2.05) is 6.92 Å². The van der Waals surface area contributed by atoms with Crippen LogP contribution >= 0.6 is 0 Å². The van der Waals surface area contributed by atoms with Crippen molar-refractivity contribution in [3.63, 3.8) is 0 Å². The molecule has 0 bridgehead atoms. The molecule has 0 aromatic heterocycles. The molecule has 3 unspecified atom stereocenters. The number of rotatable bonds is 2. The zero-order chi connectivity index (χ0) is 12.6.